The summed E-state index contributed by atoms with van der Waals surface area (Å²) >= 11 is 0. The largest absolute Gasteiger partial charge is 0.497 e. The molecule has 7 nitrogen and oxygen atoms in total. The summed E-state index contributed by atoms with van der Waals surface area (Å²) in [5.41, 5.74) is 3.36. The standard InChI is InChI=1S/C17H14N4O3/c1-22-11-4-5-12(15(8-11)23-2)17-20-16(21-24-17)10-3-6-13-14(7-10)19-9-18-13/h3-9H,1-2H3,(H,18,19). The highest BCUT2D eigenvalue weighted by Gasteiger charge is 2.16. The Bertz CT molecular complexity index is 1010. The van der Waals surface area contributed by atoms with E-state index in [4.69, 9.17) is 14.0 Å². The van der Waals surface area contributed by atoms with Crippen molar-refractivity contribution in [2.75, 3.05) is 14.2 Å². The number of aromatic amines is 1. The van der Waals surface area contributed by atoms with Gasteiger partial charge in [-0.3, -0.25) is 0 Å². The summed E-state index contributed by atoms with van der Waals surface area (Å²) in [5, 5.41) is 4.06. The van der Waals surface area contributed by atoms with Gasteiger partial charge in [0.15, 0.2) is 0 Å². The van der Waals surface area contributed by atoms with Crippen LogP contribution in [0.1, 0.15) is 0 Å². The monoisotopic (exact) mass is 322 g/mol. The third kappa shape index (κ3) is 2.36. The number of ether oxygens (including phenoxy) is 2. The number of aromatic nitrogens is 4. The minimum absolute atomic E-state index is 0.384. The molecule has 120 valence electrons. The second-order valence-corrected chi connectivity index (χ2v) is 5.12. The fourth-order valence-corrected chi connectivity index (χ4v) is 2.50. The van der Waals surface area contributed by atoms with Gasteiger partial charge >= 0.3 is 0 Å². The number of nitrogens with zero attached hydrogens (tertiary/aromatic N) is 3. The number of rotatable bonds is 4. The number of methoxy groups -OCH3 is 2. The quantitative estimate of drug-likeness (QED) is 0.620. The zero-order chi connectivity index (χ0) is 16.5. The Kier molecular flexibility index (Phi) is 3.38. The van der Waals surface area contributed by atoms with Crippen molar-refractivity contribution < 1.29 is 14.0 Å². The predicted octanol–water partition coefficient (Wildman–Crippen LogP) is 3.30. The maximum Gasteiger partial charge on any atom is 0.262 e. The first-order valence-electron chi connectivity index (χ1n) is 7.28. The number of hydrogen-bond acceptors (Lipinski definition) is 6. The molecule has 0 aliphatic carbocycles. The first kappa shape index (κ1) is 14.3. The third-order valence-electron chi connectivity index (χ3n) is 3.74. The molecule has 2 heterocycles. The molecule has 0 bridgehead atoms. The van der Waals surface area contributed by atoms with Gasteiger partial charge < -0.3 is 19.0 Å². The van der Waals surface area contributed by atoms with Gasteiger partial charge in [0.05, 0.1) is 37.1 Å². The van der Waals surface area contributed by atoms with Crippen molar-refractivity contribution in [1.82, 2.24) is 20.1 Å². The Morgan fingerprint density at radius 1 is 1.04 bits per heavy atom. The number of benzene rings is 2. The lowest BCUT2D eigenvalue weighted by atomic mass is 10.1. The predicted molar refractivity (Wildman–Crippen MR) is 87.9 cm³/mol. The van der Waals surface area contributed by atoms with Crippen LogP contribution < -0.4 is 9.47 Å². The SMILES string of the molecule is COc1ccc(-c2nc(-c3ccc4nc[nH]c4c3)no2)c(OC)c1. The number of imidazole rings is 1. The lowest BCUT2D eigenvalue weighted by Gasteiger charge is -2.06. The molecule has 0 radical (unpaired) electrons. The lowest BCUT2D eigenvalue weighted by Crippen LogP contribution is -1.90. The zero-order valence-electron chi connectivity index (χ0n) is 13.1. The summed E-state index contributed by atoms with van der Waals surface area (Å²) in [6, 6.07) is 11.2. The van der Waals surface area contributed by atoms with Crippen molar-refractivity contribution in [3.8, 4) is 34.3 Å². The Hall–Kier alpha value is -3.35. The second kappa shape index (κ2) is 5.69. The van der Waals surface area contributed by atoms with Crippen LogP contribution in [0.25, 0.3) is 33.9 Å². The van der Waals surface area contributed by atoms with E-state index in [0.29, 0.717) is 28.8 Å². The van der Waals surface area contributed by atoms with E-state index in [9.17, 15) is 0 Å². The molecule has 0 saturated heterocycles. The number of nitrogens with one attached hydrogen (secondary N) is 1. The maximum absolute atomic E-state index is 5.41. The third-order valence-corrected chi connectivity index (χ3v) is 3.74. The summed E-state index contributed by atoms with van der Waals surface area (Å²) in [5.74, 6) is 2.18. The van der Waals surface area contributed by atoms with Gasteiger partial charge in [0.2, 0.25) is 5.82 Å². The van der Waals surface area contributed by atoms with Crippen molar-refractivity contribution in [2.45, 2.75) is 0 Å². The summed E-state index contributed by atoms with van der Waals surface area (Å²) in [4.78, 5) is 11.7. The van der Waals surface area contributed by atoms with Gasteiger partial charge in [0, 0.05) is 11.6 Å². The Morgan fingerprint density at radius 2 is 1.96 bits per heavy atom. The highest BCUT2D eigenvalue weighted by atomic mass is 16.5. The van der Waals surface area contributed by atoms with E-state index >= 15 is 0 Å². The summed E-state index contributed by atoms with van der Waals surface area (Å²) in [6.07, 6.45) is 1.65. The average molecular weight is 322 g/mol. The fraction of sp³-hybridized carbons (Fsp3) is 0.118. The first-order valence-corrected chi connectivity index (χ1v) is 7.28. The van der Waals surface area contributed by atoms with Crippen molar-refractivity contribution in [2.24, 2.45) is 0 Å². The molecule has 2 aromatic heterocycles. The van der Waals surface area contributed by atoms with E-state index in [-0.39, 0.29) is 0 Å². The summed E-state index contributed by atoms with van der Waals surface area (Å²) in [7, 11) is 3.19. The van der Waals surface area contributed by atoms with Gasteiger partial charge in [-0.15, -0.1) is 0 Å². The van der Waals surface area contributed by atoms with Crippen LogP contribution in [0.5, 0.6) is 11.5 Å². The van der Waals surface area contributed by atoms with Crippen LogP contribution in [0.3, 0.4) is 0 Å². The topological polar surface area (TPSA) is 86.1 Å². The van der Waals surface area contributed by atoms with Crippen LogP contribution in [-0.2, 0) is 0 Å². The normalized spacial score (nSPS) is 10.9. The van der Waals surface area contributed by atoms with Gasteiger partial charge in [-0.05, 0) is 30.3 Å². The minimum atomic E-state index is 0.384. The van der Waals surface area contributed by atoms with Crippen LogP contribution in [0.15, 0.2) is 47.2 Å². The van der Waals surface area contributed by atoms with Crippen LogP contribution in [-0.4, -0.2) is 34.3 Å². The molecule has 0 unspecified atom stereocenters. The van der Waals surface area contributed by atoms with E-state index in [2.05, 4.69) is 20.1 Å². The molecule has 0 aliphatic rings. The average Bonchev–Trinajstić information content (AvgIpc) is 3.29. The van der Waals surface area contributed by atoms with Gasteiger partial charge in [-0.2, -0.15) is 4.98 Å². The van der Waals surface area contributed by atoms with Gasteiger partial charge in [0.25, 0.3) is 5.89 Å². The smallest absolute Gasteiger partial charge is 0.262 e. The lowest BCUT2D eigenvalue weighted by molar-refractivity contribution is 0.391. The molecule has 0 amide bonds. The highest BCUT2D eigenvalue weighted by molar-refractivity contribution is 5.80. The van der Waals surface area contributed by atoms with E-state index < -0.39 is 0 Å². The highest BCUT2D eigenvalue weighted by Crippen LogP contribution is 2.33. The molecular formula is C17H14N4O3. The molecule has 2 aromatic carbocycles. The van der Waals surface area contributed by atoms with Crippen molar-refractivity contribution in [3.63, 3.8) is 0 Å². The molecule has 0 spiro atoms. The van der Waals surface area contributed by atoms with Crippen molar-refractivity contribution in [3.05, 3.63) is 42.7 Å². The molecule has 7 heteroatoms. The van der Waals surface area contributed by atoms with E-state index in [1.165, 1.54) is 0 Å². The van der Waals surface area contributed by atoms with Gasteiger partial charge in [-0.25, -0.2) is 4.98 Å². The van der Waals surface area contributed by atoms with Gasteiger partial charge in [-0.1, -0.05) is 5.16 Å². The van der Waals surface area contributed by atoms with Gasteiger partial charge in [0.1, 0.15) is 11.5 Å². The Labute approximate surface area is 137 Å². The fourth-order valence-electron chi connectivity index (χ4n) is 2.50. The molecule has 24 heavy (non-hydrogen) atoms. The number of H-pyrrole nitrogens is 1. The maximum atomic E-state index is 5.41. The van der Waals surface area contributed by atoms with Crippen LogP contribution in [0.2, 0.25) is 0 Å². The molecule has 1 N–H and O–H groups in total. The summed E-state index contributed by atoms with van der Waals surface area (Å²) < 4.78 is 16.0. The van der Waals surface area contributed by atoms with E-state index in [1.54, 1.807) is 26.6 Å². The molecule has 0 aliphatic heterocycles. The molecular weight excluding hydrogens is 308 g/mol. The molecule has 0 fully saturated rings. The Balaban J connectivity index is 1.74. The zero-order valence-corrected chi connectivity index (χ0v) is 13.1. The molecule has 0 atom stereocenters. The van der Waals surface area contributed by atoms with E-state index in [0.717, 1.165) is 16.6 Å². The van der Waals surface area contributed by atoms with Crippen molar-refractivity contribution >= 4 is 11.0 Å². The number of hydrogen-bond donors (Lipinski definition) is 1. The molecule has 4 rings (SSSR count). The van der Waals surface area contributed by atoms with Crippen molar-refractivity contribution in [1.29, 1.82) is 0 Å². The Morgan fingerprint density at radius 3 is 2.79 bits per heavy atom. The number of fused-ring (bicyclic) bond motifs is 1. The van der Waals surface area contributed by atoms with Crippen LogP contribution in [0.4, 0.5) is 0 Å². The van der Waals surface area contributed by atoms with E-state index in [1.807, 2.05) is 30.3 Å². The second-order valence-electron chi connectivity index (χ2n) is 5.12. The first-order chi connectivity index (χ1) is 11.8. The minimum Gasteiger partial charge on any atom is -0.497 e. The molecule has 4 aromatic rings. The van der Waals surface area contributed by atoms with Crippen LogP contribution in [0, 0.1) is 0 Å². The van der Waals surface area contributed by atoms with Crippen LogP contribution >= 0.6 is 0 Å². The molecule has 0 saturated carbocycles. The summed E-state index contributed by atoms with van der Waals surface area (Å²) in [6.45, 7) is 0.